The van der Waals surface area contributed by atoms with Gasteiger partial charge in [-0.05, 0) is 25.0 Å². The SMILES string of the molecule is CCc1cc(=O)oc2cc(O[C@H](C)C(=O)OC)c(Cl)cc12. The zero-order valence-corrected chi connectivity index (χ0v) is 12.7. The lowest BCUT2D eigenvalue weighted by molar-refractivity contribution is -0.147. The number of rotatable bonds is 4. The Hall–Kier alpha value is -2.01. The highest BCUT2D eigenvalue weighted by atomic mass is 35.5. The van der Waals surface area contributed by atoms with E-state index in [4.69, 9.17) is 20.8 Å². The van der Waals surface area contributed by atoms with Gasteiger partial charge in [-0.15, -0.1) is 0 Å². The fraction of sp³-hybridized carbons (Fsp3) is 0.333. The lowest BCUT2D eigenvalue weighted by Crippen LogP contribution is -2.25. The number of ether oxygens (including phenoxy) is 2. The second-order valence-electron chi connectivity index (χ2n) is 4.51. The van der Waals surface area contributed by atoms with Crippen molar-refractivity contribution in [2.75, 3.05) is 7.11 Å². The predicted octanol–water partition coefficient (Wildman–Crippen LogP) is 2.95. The molecule has 0 saturated heterocycles. The first kappa shape index (κ1) is 15.4. The molecule has 1 atom stereocenters. The van der Waals surface area contributed by atoms with Gasteiger partial charge in [0.25, 0.3) is 0 Å². The molecule has 0 aliphatic heterocycles. The molecule has 6 heteroatoms. The Labute approximate surface area is 126 Å². The zero-order valence-electron chi connectivity index (χ0n) is 11.9. The Bertz CT molecular complexity index is 735. The van der Waals surface area contributed by atoms with E-state index in [1.54, 1.807) is 13.0 Å². The van der Waals surface area contributed by atoms with E-state index < -0.39 is 17.7 Å². The smallest absolute Gasteiger partial charge is 0.346 e. The van der Waals surface area contributed by atoms with Crippen molar-refractivity contribution >= 4 is 28.5 Å². The number of benzene rings is 1. The minimum atomic E-state index is -0.814. The quantitative estimate of drug-likeness (QED) is 0.641. The van der Waals surface area contributed by atoms with E-state index in [2.05, 4.69) is 4.74 Å². The lowest BCUT2D eigenvalue weighted by Gasteiger charge is -2.14. The van der Waals surface area contributed by atoms with E-state index in [0.717, 1.165) is 10.9 Å². The fourth-order valence-electron chi connectivity index (χ4n) is 2.02. The summed E-state index contributed by atoms with van der Waals surface area (Å²) in [6.45, 7) is 3.48. The van der Waals surface area contributed by atoms with Crippen LogP contribution in [0.2, 0.25) is 5.02 Å². The maximum Gasteiger partial charge on any atom is 0.346 e. The second kappa shape index (κ2) is 6.18. The Morgan fingerprint density at radius 3 is 2.71 bits per heavy atom. The number of fused-ring (bicyclic) bond motifs is 1. The molecular weight excluding hydrogens is 296 g/mol. The van der Waals surface area contributed by atoms with Crippen molar-refractivity contribution in [3.63, 3.8) is 0 Å². The molecule has 2 aromatic rings. The number of hydrogen-bond donors (Lipinski definition) is 0. The van der Waals surface area contributed by atoms with Crippen LogP contribution >= 0.6 is 11.6 Å². The number of hydrogen-bond acceptors (Lipinski definition) is 5. The maximum absolute atomic E-state index is 11.5. The molecule has 1 aromatic heterocycles. The summed E-state index contributed by atoms with van der Waals surface area (Å²) in [5.74, 6) is -0.256. The van der Waals surface area contributed by atoms with Crippen molar-refractivity contribution in [2.24, 2.45) is 0 Å². The van der Waals surface area contributed by atoms with Crippen molar-refractivity contribution in [1.29, 1.82) is 0 Å². The molecule has 1 aromatic carbocycles. The van der Waals surface area contributed by atoms with Crippen LogP contribution < -0.4 is 10.4 Å². The van der Waals surface area contributed by atoms with Crippen LogP contribution in [0.15, 0.2) is 27.4 Å². The molecule has 0 amide bonds. The Morgan fingerprint density at radius 2 is 2.10 bits per heavy atom. The van der Waals surface area contributed by atoms with Crippen LogP contribution in [-0.2, 0) is 16.0 Å². The number of halogens is 1. The highest BCUT2D eigenvalue weighted by Crippen LogP contribution is 2.32. The van der Waals surface area contributed by atoms with E-state index in [-0.39, 0.29) is 5.75 Å². The molecule has 0 bridgehead atoms. The monoisotopic (exact) mass is 310 g/mol. The van der Waals surface area contributed by atoms with Gasteiger partial charge in [-0.1, -0.05) is 18.5 Å². The molecule has 0 saturated carbocycles. The van der Waals surface area contributed by atoms with Gasteiger partial charge in [-0.2, -0.15) is 0 Å². The van der Waals surface area contributed by atoms with Crippen molar-refractivity contribution in [3.8, 4) is 5.75 Å². The molecule has 2 rings (SSSR count). The molecular formula is C15H15ClO5. The Kier molecular flexibility index (Phi) is 4.53. The molecule has 5 nitrogen and oxygen atoms in total. The summed E-state index contributed by atoms with van der Waals surface area (Å²) in [6, 6.07) is 4.62. The van der Waals surface area contributed by atoms with Crippen LogP contribution in [0, 0.1) is 0 Å². The molecule has 21 heavy (non-hydrogen) atoms. The average molecular weight is 311 g/mol. The number of methoxy groups -OCH3 is 1. The summed E-state index contributed by atoms with van der Waals surface area (Å²) < 4.78 is 15.2. The maximum atomic E-state index is 11.5. The molecule has 0 unspecified atom stereocenters. The van der Waals surface area contributed by atoms with Crippen LogP contribution in [-0.4, -0.2) is 19.2 Å². The standard InChI is InChI=1S/C15H15ClO5/c1-4-9-5-14(17)21-12-7-13(11(16)6-10(9)12)20-8(2)15(18)19-3/h5-8H,4H2,1-3H3/t8-/m1/s1. The van der Waals surface area contributed by atoms with Gasteiger partial charge >= 0.3 is 11.6 Å². The molecule has 0 aliphatic carbocycles. The van der Waals surface area contributed by atoms with Gasteiger partial charge in [0.15, 0.2) is 6.10 Å². The molecule has 1 heterocycles. The molecule has 0 spiro atoms. The van der Waals surface area contributed by atoms with Gasteiger partial charge in [-0.25, -0.2) is 9.59 Å². The molecule has 0 fully saturated rings. The number of carbonyl (C=O) groups excluding carboxylic acids is 1. The van der Waals surface area contributed by atoms with Gasteiger partial charge < -0.3 is 13.9 Å². The van der Waals surface area contributed by atoms with Gasteiger partial charge in [-0.3, -0.25) is 0 Å². The minimum Gasteiger partial charge on any atom is -0.477 e. The largest absolute Gasteiger partial charge is 0.477 e. The highest BCUT2D eigenvalue weighted by molar-refractivity contribution is 6.32. The average Bonchev–Trinajstić information content (AvgIpc) is 2.46. The first-order valence-corrected chi connectivity index (χ1v) is 6.84. The lowest BCUT2D eigenvalue weighted by atomic mass is 10.1. The van der Waals surface area contributed by atoms with Gasteiger partial charge in [0.05, 0.1) is 12.1 Å². The second-order valence-corrected chi connectivity index (χ2v) is 4.91. The summed E-state index contributed by atoms with van der Waals surface area (Å²) in [5, 5.41) is 1.09. The molecule has 112 valence electrons. The van der Waals surface area contributed by atoms with Crippen LogP contribution in [0.5, 0.6) is 5.75 Å². The van der Waals surface area contributed by atoms with Crippen molar-refractivity contribution < 1.29 is 18.7 Å². The summed E-state index contributed by atoms with van der Waals surface area (Å²) in [5.41, 5.74) is 0.778. The van der Waals surface area contributed by atoms with Crippen LogP contribution in [0.25, 0.3) is 11.0 Å². The van der Waals surface area contributed by atoms with Crippen LogP contribution in [0.4, 0.5) is 0 Å². The number of aryl methyl sites for hydroxylation is 1. The van der Waals surface area contributed by atoms with Crippen molar-refractivity contribution in [3.05, 3.63) is 39.2 Å². The van der Waals surface area contributed by atoms with Crippen LogP contribution in [0.1, 0.15) is 19.4 Å². The first-order chi connectivity index (χ1) is 9.96. The van der Waals surface area contributed by atoms with E-state index in [9.17, 15) is 9.59 Å². The predicted molar refractivity (Wildman–Crippen MR) is 79.0 cm³/mol. The van der Waals surface area contributed by atoms with E-state index in [0.29, 0.717) is 17.0 Å². The van der Waals surface area contributed by atoms with Crippen molar-refractivity contribution in [1.82, 2.24) is 0 Å². The summed E-state index contributed by atoms with van der Waals surface area (Å²) in [6.07, 6.45) is -0.136. The van der Waals surface area contributed by atoms with Gasteiger partial charge in [0.1, 0.15) is 11.3 Å². The summed E-state index contributed by atoms with van der Waals surface area (Å²) >= 11 is 6.17. The van der Waals surface area contributed by atoms with Crippen LogP contribution in [0.3, 0.4) is 0 Å². The molecule has 0 aliphatic rings. The van der Waals surface area contributed by atoms with E-state index in [1.807, 2.05) is 6.92 Å². The van der Waals surface area contributed by atoms with Gasteiger partial charge in [0, 0.05) is 17.5 Å². The third kappa shape index (κ3) is 3.19. The highest BCUT2D eigenvalue weighted by Gasteiger charge is 2.18. The van der Waals surface area contributed by atoms with E-state index in [1.165, 1.54) is 19.2 Å². The molecule has 0 radical (unpaired) electrons. The number of carbonyl (C=O) groups is 1. The fourth-order valence-corrected chi connectivity index (χ4v) is 2.22. The Balaban J connectivity index is 2.50. The van der Waals surface area contributed by atoms with E-state index >= 15 is 0 Å². The third-order valence-electron chi connectivity index (χ3n) is 3.10. The third-order valence-corrected chi connectivity index (χ3v) is 3.40. The summed E-state index contributed by atoms with van der Waals surface area (Å²) in [4.78, 5) is 22.9. The molecule has 0 N–H and O–H groups in total. The first-order valence-electron chi connectivity index (χ1n) is 6.47. The normalized spacial score (nSPS) is 12.2. The van der Waals surface area contributed by atoms with Gasteiger partial charge in [0.2, 0.25) is 0 Å². The topological polar surface area (TPSA) is 65.7 Å². The number of esters is 1. The zero-order chi connectivity index (χ0) is 15.6. The Morgan fingerprint density at radius 1 is 1.38 bits per heavy atom. The summed E-state index contributed by atoms with van der Waals surface area (Å²) in [7, 11) is 1.27. The van der Waals surface area contributed by atoms with Crippen molar-refractivity contribution in [2.45, 2.75) is 26.4 Å². The minimum absolute atomic E-state index is 0.262.